The van der Waals surface area contributed by atoms with Gasteiger partial charge < -0.3 is 20.1 Å². The molecule has 2 atom stereocenters. The van der Waals surface area contributed by atoms with E-state index in [0.717, 1.165) is 5.56 Å². The molecule has 2 N–H and O–H groups in total. The first-order valence-electron chi connectivity index (χ1n) is 7.38. The van der Waals surface area contributed by atoms with Gasteiger partial charge in [-0.15, -0.1) is 0 Å². The second-order valence-electron chi connectivity index (χ2n) is 5.19. The van der Waals surface area contributed by atoms with Crippen molar-refractivity contribution in [2.45, 2.75) is 25.7 Å². The lowest BCUT2D eigenvalue weighted by Gasteiger charge is -2.24. The van der Waals surface area contributed by atoms with Crippen molar-refractivity contribution in [2.24, 2.45) is 5.73 Å². The van der Waals surface area contributed by atoms with Crippen molar-refractivity contribution in [1.82, 2.24) is 4.90 Å². The van der Waals surface area contributed by atoms with E-state index in [2.05, 4.69) is 6.58 Å². The molecule has 1 aromatic carbocycles. The highest BCUT2D eigenvalue weighted by Crippen LogP contribution is 2.06. The van der Waals surface area contributed by atoms with Gasteiger partial charge in [0.15, 0.2) is 0 Å². The molecule has 0 radical (unpaired) electrons. The molecule has 0 fully saturated rings. The number of carbonyl (C=O) groups is 2. The Hall–Kier alpha value is -2.18. The molecule has 1 aromatic rings. The Balaban J connectivity index is 2.44. The highest BCUT2D eigenvalue weighted by molar-refractivity contribution is 5.85. The van der Waals surface area contributed by atoms with Crippen molar-refractivity contribution in [1.29, 1.82) is 0 Å². The van der Waals surface area contributed by atoms with Gasteiger partial charge in [-0.25, -0.2) is 0 Å². The Morgan fingerprint density at radius 2 is 2.00 bits per heavy atom. The van der Waals surface area contributed by atoms with E-state index >= 15 is 0 Å². The molecule has 126 valence electrons. The molecule has 0 saturated heterocycles. The SMILES string of the molecule is C=CCOC(=O)CN(C)C(=O)[C@@H](N)[C@@H](C)OCc1ccccc1. The number of likely N-dealkylation sites (N-methyl/N-ethyl adjacent to an activating group) is 1. The molecule has 0 unspecified atom stereocenters. The molecule has 0 aliphatic carbocycles. The highest BCUT2D eigenvalue weighted by Gasteiger charge is 2.26. The third-order valence-corrected chi connectivity index (χ3v) is 3.25. The fourth-order valence-electron chi connectivity index (χ4n) is 1.83. The second kappa shape index (κ2) is 9.76. The van der Waals surface area contributed by atoms with E-state index in [1.165, 1.54) is 18.0 Å². The minimum atomic E-state index is -0.851. The van der Waals surface area contributed by atoms with E-state index in [1.54, 1.807) is 6.92 Å². The summed E-state index contributed by atoms with van der Waals surface area (Å²) in [7, 11) is 1.50. The lowest BCUT2D eigenvalue weighted by atomic mass is 10.1. The lowest BCUT2D eigenvalue weighted by Crippen LogP contribution is -2.50. The molecular weight excluding hydrogens is 296 g/mol. The fraction of sp³-hybridized carbons (Fsp3) is 0.412. The van der Waals surface area contributed by atoms with E-state index in [9.17, 15) is 9.59 Å². The van der Waals surface area contributed by atoms with Crippen LogP contribution in [0.3, 0.4) is 0 Å². The average molecular weight is 320 g/mol. The Kier molecular flexibility index (Phi) is 8.01. The molecule has 23 heavy (non-hydrogen) atoms. The lowest BCUT2D eigenvalue weighted by molar-refractivity contribution is -0.149. The van der Waals surface area contributed by atoms with Crippen LogP contribution >= 0.6 is 0 Å². The molecule has 1 rings (SSSR count). The van der Waals surface area contributed by atoms with Crippen molar-refractivity contribution in [2.75, 3.05) is 20.2 Å². The molecule has 0 aliphatic rings. The topological polar surface area (TPSA) is 81.9 Å². The van der Waals surface area contributed by atoms with E-state index in [4.69, 9.17) is 15.2 Å². The number of ether oxygens (including phenoxy) is 2. The van der Waals surface area contributed by atoms with Crippen LogP contribution in [0.5, 0.6) is 0 Å². The monoisotopic (exact) mass is 320 g/mol. The zero-order valence-corrected chi connectivity index (χ0v) is 13.6. The Bertz CT molecular complexity index is 519. The number of nitrogens with two attached hydrogens (primary N) is 1. The summed E-state index contributed by atoms with van der Waals surface area (Å²) >= 11 is 0. The van der Waals surface area contributed by atoms with Gasteiger partial charge in [0.2, 0.25) is 5.91 Å². The third kappa shape index (κ3) is 6.63. The van der Waals surface area contributed by atoms with Gasteiger partial charge in [-0.3, -0.25) is 9.59 Å². The van der Waals surface area contributed by atoms with Crippen LogP contribution in [0.4, 0.5) is 0 Å². The van der Waals surface area contributed by atoms with Gasteiger partial charge in [0.25, 0.3) is 0 Å². The normalized spacial score (nSPS) is 13.0. The van der Waals surface area contributed by atoms with Crippen LogP contribution in [-0.4, -0.2) is 49.1 Å². The fourth-order valence-corrected chi connectivity index (χ4v) is 1.83. The Morgan fingerprint density at radius 3 is 2.61 bits per heavy atom. The number of amides is 1. The van der Waals surface area contributed by atoms with Crippen molar-refractivity contribution in [3.8, 4) is 0 Å². The summed E-state index contributed by atoms with van der Waals surface area (Å²) in [6.45, 7) is 5.50. The summed E-state index contributed by atoms with van der Waals surface area (Å²) in [6.07, 6.45) is 0.986. The van der Waals surface area contributed by atoms with Crippen molar-refractivity contribution >= 4 is 11.9 Å². The molecule has 0 heterocycles. The van der Waals surface area contributed by atoms with Crippen LogP contribution in [-0.2, 0) is 25.7 Å². The highest BCUT2D eigenvalue weighted by atomic mass is 16.5. The van der Waals surface area contributed by atoms with Crippen LogP contribution in [0.25, 0.3) is 0 Å². The first-order valence-corrected chi connectivity index (χ1v) is 7.38. The first-order chi connectivity index (χ1) is 11.0. The quantitative estimate of drug-likeness (QED) is 0.544. The van der Waals surface area contributed by atoms with Crippen LogP contribution in [0, 0.1) is 0 Å². The van der Waals surface area contributed by atoms with E-state index < -0.39 is 18.1 Å². The number of rotatable bonds is 9. The minimum Gasteiger partial charge on any atom is -0.460 e. The second-order valence-corrected chi connectivity index (χ2v) is 5.19. The summed E-state index contributed by atoms with van der Waals surface area (Å²) in [5.41, 5.74) is 6.92. The standard InChI is InChI=1S/C17H24N2O4/c1-4-10-22-15(20)11-19(3)17(21)16(18)13(2)23-12-14-8-6-5-7-9-14/h4-9,13,16H,1,10-12,18H2,2-3H3/t13-,16+/m1/s1. The molecule has 0 aliphatic heterocycles. The van der Waals surface area contributed by atoms with Gasteiger partial charge >= 0.3 is 5.97 Å². The Morgan fingerprint density at radius 1 is 1.35 bits per heavy atom. The van der Waals surface area contributed by atoms with Gasteiger partial charge in [0.05, 0.1) is 12.7 Å². The number of hydrogen-bond acceptors (Lipinski definition) is 5. The largest absolute Gasteiger partial charge is 0.460 e. The Labute approximate surface area is 136 Å². The zero-order chi connectivity index (χ0) is 17.2. The molecule has 6 nitrogen and oxygen atoms in total. The van der Waals surface area contributed by atoms with E-state index in [1.807, 2.05) is 30.3 Å². The molecular formula is C17H24N2O4. The van der Waals surface area contributed by atoms with Crippen LogP contribution in [0.2, 0.25) is 0 Å². The molecule has 6 heteroatoms. The summed E-state index contributed by atoms with van der Waals surface area (Å²) in [4.78, 5) is 24.9. The predicted molar refractivity (Wildman–Crippen MR) is 87.5 cm³/mol. The number of carbonyl (C=O) groups excluding carboxylic acids is 2. The van der Waals surface area contributed by atoms with Gasteiger partial charge in [-0.05, 0) is 12.5 Å². The summed E-state index contributed by atoms with van der Waals surface area (Å²) < 4.78 is 10.5. The van der Waals surface area contributed by atoms with E-state index in [0.29, 0.717) is 6.61 Å². The van der Waals surface area contributed by atoms with Gasteiger partial charge in [0.1, 0.15) is 19.2 Å². The van der Waals surface area contributed by atoms with Crippen molar-refractivity contribution in [3.63, 3.8) is 0 Å². The average Bonchev–Trinajstić information content (AvgIpc) is 2.57. The molecule has 0 aromatic heterocycles. The molecule has 0 bridgehead atoms. The number of nitrogens with zero attached hydrogens (tertiary/aromatic N) is 1. The van der Waals surface area contributed by atoms with Crippen LogP contribution in [0.15, 0.2) is 43.0 Å². The maximum atomic E-state index is 12.2. The first kappa shape index (κ1) is 18.9. The molecule has 1 amide bonds. The summed E-state index contributed by atoms with van der Waals surface area (Å²) in [5.74, 6) is -0.882. The maximum Gasteiger partial charge on any atom is 0.325 e. The molecule has 0 saturated carbocycles. The van der Waals surface area contributed by atoms with Crippen LogP contribution < -0.4 is 5.73 Å². The smallest absolute Gasteiger partial charge is 0.325 e. The van der Waals surface area contributed by atoms with Gasteiger partial charge in [0, 0.05) is 7.05 Å². The zero-order valence-electron chi connectivity index (χ0n) is 13.6. The van der Waals surface area contributed by atoms with Crippen molar-refractivity contribution < 1.29 is 19.1 Å². The van der Waals surface area contributed by atoms with Gasteiger partial charge in [-0.2, -0.15) is 0 Å². The van der Waals surface area contributed by atoms with E-state index in [-0.39, 0.29) is 19.1 Å². The minimum absolute atomic E-state index is 0.115. The number of benzene rings is 1. The van der Waals surface area contributed by atoms with Crippen LogP contribution in [0.1, 0.15) is 12.5 Å². The van der Waals surface area contributed by atoms with Gasteiger partial charge in [-0.1, -0.05) is 43.0 Å². The number of hydrogen-bond donors (Lipinski definition) is 1. The summed E-state index contributed by atoms with van der Waals surface area (Å²) in [6, 6.07) is 8.76. The molecule has 0 spiro atoms. The predicted octanol–water partition coefficient (Wildman–Crippen LogP) is 1.11. The third-order valence-electron chi connectivity index (χ3n) is 3.25. The van der Waals surface area contributed by atoms with Crippen molar-refractivity contribution in [3.05, 3.63) is 48.6 Å². The maximum absolute atomic E-state index is 12.2. The number of esters is 1. The summed E-state index contributed by atoms with van der Waals surface area (Å²) in [5, 5.41) is 0.